The molecule has 1 aromatic rings. The van der Waals surface area contributed by atoms with Crippen LogP contribution in [-0.2, 0) is 0 Å². The minimum atomic E-state index is -0.0130. The van der Waals surface area contributed by atoms with E-state index in [9.17, 15) is 0 Å². The summed E-state index contributed by atoms with van der Waals surface area (Å²) in [5.74, 6) is 0.663. The molecule has 3 heteroatoms. The summed E-state index contributed by atoms with van der Waals surface area (Å²) in [6.07, 6.45) is 1.68. The van der Waals surface area contributed by atoms with Crippen molar-refractivity contribution in [3.05, 3.63) is 41.4 Å². The molecular weight excluding hydrogens is 198 g/mol. The molecule has 0 heterocycles. The Balaban J connectivity index is 2.84. The lowest BCUT2D eigenvalue weighted by Gasteiger charge is -2.09. The number of benzene rings is 1. The van der Waals surface area contributed by atoms with Crippen molar-refractivity contribution >= 4 is 11.6 Å². The van der Waals surface area contributed by atoms with Crippen molar-refractivity contribution in [1.82, 2.24) is 0 Å². The zero-order valence-corrected chi connectivity index (χ0v) is 8.92. The van der Waals surface area contributed by atoms with E-state index < -0.39 is 0 Å². The van der Waals surface area contributed by atoms with Gasteiger partial charge in [-0.25, -0.2) is 0 Å². The molecular formula is C11H14ClNO. The SMILES string of the molecule is C=CCOc1ccc([C@H](C)N)cc1Cl. The lowest BCUT2D eigenvalue weighted by Crippen LogP contribution is -2.05. The minimum Gasteiger partial charge on any atom is -0.488 e. The van der Waals surface area contributed by atoms with E-state index in [2.05, 4.69) is 6.58 Å². The van der Waals surface area contributed by atoms with E-state index in [1.54, 1.807) is 6.08 Å². The summed E-state index contributed by atoms with van der Waals surface area (Å²) in [5.41, 5.74) is 6.72. The summed E-state index contributed by atoms with van der Waals surface area (Å²) in [6, 6.07) is 5.55. The monoisotopic (exact) mass is 211 g/mol. The Hall–Kier alpha value is -0.990. The Labute approximate surface area is 89.3 Å². The maximum Gasteiger partial charge on any atom is 0.138 e. The van der Waals surface area contributed by atoms with E-state index >= 15 is 0 Å². The van der Waals surface area contributed by atoms with Gasteiger partial charge < -0.3 is 10.5 Å². The van der Waals surface area contributed by atoms with Crippen molar-refractivity contribution in [3.63, 3.8) is 0 Å². The predicted octanol–water partition coefficient (Wildman–Crippen LogP) is 2.92. The van der Waals surface area contributed by atoms with E-state index in [1.807, 2.05) is 25.1 Å². The van der Waals surface area contributed by atoms with Crippen LogP contribution in [0.4, 0.5) is 0 Å². The van der Waals surface area contributed by atoms with Crippen LogP contribution in [-0.4, -0.2) is 6.61 Å². The Morgan fingerprint density at radius 2 is 2.36 bits per heavy atom. The molecule has 2 N–H and O–H groups in total. The van der Waals surface area contributed by atoms with Gasteiger partial charge in [-0.1, -0.05) is 30.3 Å². The average molecular weight is 212 g/mol. The van der Waals surface area contributed by atoms with Crippen molar-refractivity contribution in [1.29, 1.82) is 0 Å². The molecule has 0 amide bonds. The maximum absolute atomic E-state index is 5.99. The van der Waals surface area contributed by atoms with Crippen LogP contribution in [0, 0.1) is 0 Å². The number of rotatable bonds is 4. The van der Waals surface area contributed by atoms with Crippen LogP contribution < -0.4 is 10.5 Å². The van der Waals surface area contributed by atoms with Gasteiger partial charge in [-0.2, -0.15) is 0 Å². The van der Waals surface area contributed by atoms with Crippen LogP contribution in [0.5, 0.6) is 5.75 Å². The first-order valence-electron chi connectivity index (χ1n) is 4.44. The molecule has 0 aliphatic carbocycles. The first kappa shape index (κ1) is 11.1. The van der Waals surface area contributed by atoms with E-state index in [0.29, 0.717) is 17.4 Å². The van der Waals surface area contributed by atoms with Gasteiger partial charge in [0.05, 0.1) is 5.02 Å². The molecule has 14 heavy (non-hydrogen) atoms. The molecule has 0 unspecified atom stereocenters. The Bertz CT molecular complexity index is 323. The number of nitrogens with two attached hydrogens (primary N) is 1. The number of hydrogen-bond acceptors (Lipinski definition) is 2. The van der Waals surface area contributed by atoms with Gasteiger partial charge in [0, 0.05) is 6.04 Å². The van der Waals surface area contributed by atoms with Crippen molar-refractivity contribution in [2.24, 2.45) is 5.73 Å². The number of hydrogen-bond donors (Lipinski definition) is 1. The van der Waals surface area contributed by atoms with E-state index in [-0.39, 0.29) is 6.04 Å². The summed E-state index contributed by atoms with van der Waals surface area (Å²) in [7, 11) is 0. The minimum absolute atomic E-state index is 0.0130. The molecule has 0 aliphatic rings. The molecule has 1 rings (SSSR count). The van der Waals surface area contributed by atoms with Crippen LogP contribution >= 0.6 is 11.6 Å². The molecule has 0 aromatic heterocycles. The topological polar surface area (TPSA) is 35.2 Å². The molecule has 0 saturated heterocycles. The quantitative estimate of drug-likeness (QED) is 0.778. The molecule has 1 aromatic carbocycles. The third-order valence-corrected chi connectivity index (χ3v) is 2.13. The third kappa shape index (κ3) is 2.76. The smallest absolute Gasteiger partial charge is 0.138 e. The second kappa shape index (κ2) is 5.03. The van der Waals surface area contributed by atoms with Gasteiger partial charge in [0.2, 0.25) is 0 Å². The Morgan fingerprint density at radius 3 is 2.86 bits per heavy atom. The largest absolute Gasteiger partial charge is 0.488 e. The fourth-order valence-corrected chi connectivity index (χ4v) is 1.31. The first-order valence-corrected chi connectivity index (χ1v) is 4.81. The van der Waals surface area contributed by atoms with Crippen molar-refractivity contribution < 1.29 is 4.74 Å². The van der Waals surface area contributed by atoms with Gasteiger partial charge in [-0.05, 0) is 24.6 Å². The zero-order chi connectivity index (χ0) is 10.6. The average Bonchev–Trinajstić information content (AvgIpc) is 2.15. The summed E-state index contributed by atoms with van der Waals surface area (Å²) in [6.45, 7) is 5.93. The van der Waals surface area contributed by atoms with E-state index in [0.717, 1.165) is 5.56 Å². The Morgan fingerprint density at radius 1 is 1.64 bits per heavy atom. The molecule has 0 radical (unpaired) electrons. The molecule has 0 saturated carbocycles. The van der Waals surface area contributed by atoms with Gasteiger partial charge in [0.25, 0.3) is 0 Å². The zero-order valence-electron chi connectivity index (χ0n) is 8.16. The number of ether oxygens (including phenoxy) is 1. The highest BCUT2D eigenvalue weighted by atomic mass is 35.5. The van der Waals surface area contributed by atoms with Crippen LogP contribution in [0.1, 0.15) is 18.5 Å². The first-order chi connectivity index (χ1) is 6.65. The normalized spacial score (nSPS) is 12.2. The highest BCUT2D eigenvalue weighted by Crippen LogP contribution is 2.27. The van der Waals surface area contributed by atoms with Crippen molar-refractivity contribution in [2.75, 3.05) is 6.61 Å². The fraction of sp³-hybridized carbons (Fsp3) is 0.273. The molecule has 0 fully saturated rings. The highest BCUT2D eigenvalue weighted by Gasteiger charge is 2.04. The molecule has 76 valence electrons. The maximum atomic E-state index is 5.99. The van der Waals surface area contributed by atoms with E-state index in [4.69, 9.17) is 22.1 Å². The van der Waals surface area contributed by atoms with Crippen LogP contribution in [0.2, 0.25) is 5.02 Å². The third-order valence-electron chi connectivity index (χ3n) is 1.84. The summed E-state index contributed by atoms with van der Waals surface area (Å²) < 4.78 is 5.33. The van der Waals surface area contributed by atoms with Gasteiger partial charge in [0.15, 0.2) is 0 Å². The van der Waals surface area contributed by atoms with Crippen LogP contribution in [0.15, 0.2) is 30.9 Å². The van der Waals surface area contributed by atoms with Crippen LogP contribution in [0.25, 0.3) is 0 Å². The summed E-state index contributed by atoms with van der Waals surface area (Å²) in [4.78, 5) is 0. The number of halogens is 1. The predicted molar refractivity (Wildman–Crippen MR) is 59.7 cm³/mol. The van der Waals surface area contributed by atoms with Crippen LogP contribution in [0.3, 0.4) is 0 Å². The van der Waals surface area contributed by atoms with Gasteiger partial charge >= 0.3 is 0 Å². The van der Waals surface area contributed by atoms with Crippen molar-refractivity contribution in [2.45, 2.75) is 13.0 Å². The van der Waals surface area contributed by atoms with Gasteiger partial charge in [-0.15, -0.1) is 0 Å². The molecule has 2 nitrogen and oxygen atoms in total. The molecule has 0 bridgehead atoms. The second-order valence-electron chi connectivity index (χ2n) is 3.08. The van der Waals surface area contributed by atoms with Gasteiger partial charge in [0.1, 0.15) is 12.4 Å². The summed E-state index contributed by atoms with van der Waals surface area (Å²) >= 11 is 5.99. The standard InChI is InChI=1S/C11H14ClNO/c1-3-6-14-11-5-4-9(8(2)13)7-10(11)12/h3-5,7-8H,1,6,13H2,2H3/t8-/m0/s1. The molecule has 0 aliphatic heterocycles. The van der Waals surface area contributed by atoms with E-state index in [1.165, 1.54) is 0 Å². The summed E-state index contributed by atoms with van der Waals surface area (Å²) in [5, 5.41) is 0.585. The fourth-order valence-electron chi connectivity index (χ4n) is 1.07. The molecule has 0 spiro atoms. The lowest BCUT2D eigenvalue weighted by atomic mass is 10.1. The lowest BCUT2D eigenvalue weighted by molar-refractivity contribution is 0.363. The highest BCUT2D eigenvalue weighted by molar-refractivity contribution is 6.32. The van der Waals surface area contributed by atoms with Gasteiger partial charge in [-0.3, -0.25) is 0 Å². The van der Waals surface area contributed by atoms with Crippen molar-refractivity contribution in [3.8, 4) is 5.75 Å². The molecule has 1 atom stereocenters. The Kier molecular flexibility index (Phi) is 3.98. The second-order valence-corrected chi connectivity index (χ2v) is 3.49.